The Kier molecular flexibility index (Phi) is 8.12. The maximum absolute atomic E-state index is 14.3. The van der Waals surface area contributed by atoms with Gasteiger partial charge in [-0.3, -0.25) is 13.9 Å². The number of aliphatic hydroxyl groups is 1. The van der Waals surface area contributed by atoms with Crippen molar-refractivity contribution >= 4 is 11.7 Å². The van der Waals surface area contributed by atoms with E-state index in [9.17, 15) is 18.4 Å². The van der Waals surface area contributed by atoms with Gasteiger partial charge in [-0.1, -0.05) is 31.2 Å². The molecule has 3 aromatic rings. The predicted octanol–water partition coefficient (Wildman–Crippen LogP) is 3.50. The van der Waals surface area contributed by atoms with Crippen LogP contribution in [0.5, 0.6) is 5.75 Å². The normalized spacial score (nSPS) is 12.6. The number of benzene rings is 2. The molecule has 0 aliphatic heterocycles. The third-order valence-electron chi connectivity index (χ3n) is 5.42. The van der Waals surface area contributed by atoms with Gasteiger partial charge >= 0.3 is 5.69 Å². The van der Waals surface area contributed by atoms with Crippen LogP contribution in [0.3, 0.4) is 0 Å². The fourth-order valence-corrected chi connectivity index (χ4v) is 3.53. The van der Waals surface area contributed by atoms with Gasteiger partial charge in [0.05, 0.1) is 5.56 Å². The molecule has 0 fully saturated rings. The van der Waals surface area contributed by atoms with Gasteiger partial charge < -0.3 is 9.84 Å². The van der Waals surface area contributed by atoms with Gasteiger partial charge in [-0.25, -0.2) is 13.6 Å². The summed E-state index contributed by atoms with van der Waals surface area (Å²) in [5.74, 6) is -1.22. The van der Waals surface area contributed by atoms with Crippen molar-refractivity contribution in [2.24, 2.45) is 18.0 Å². The molecular formula is C25H27F2N3O4. The summed E-state index contributed by atoms with van der Waals surface area (Å²) in [5.41, 5.74) is -0.0848. The quantitative estimate of drug-likeness (QED) is 0.403. The monoisotopic (exact) mass is 471 g/mol. The van der Waals surface area contributed by atoms with E-state index in [1.54, 1.807) is 32.0 Å². The summed E-state index contributed by atoms with van der Waals surface area (Å²) in [5, 5.41) is 9.07. The van der Waals surface area contributed by atoms with E-state index in [0.717, 1.165) is 10.1 Å². The van der Waals surface area contributed by atoms with Gasteiger partial charge in [0.1, 0.15) is 11.6 Å². The summed E-state index contributed by atoms with van der Waals surface area (Å²) in [4.78, 5) is 30.1. The summed E-state index contributed by atoms with van der Waals surface area (Å²) in [6.45, 7) is 3.27. The molecule has 1 unspecified atom stereocenters. The van der Waals surface area contributed by atoms with Crippen molar-refractivity contribution in [2.45, 2.75) is 33.2 Å². The van der Waals surface area contributed by atoms with Gasteiger partial charge in [-0.05, 0) is 49.6 Å². The molecule has 0 bridgehead atoms. The minimum absolute atomic E-state index is 0.0499. The van der Waals surface area contributed by atoms with Crippen molar-refractivity contribution in [3.8, 4) is 5.75 Å². The Labute approximate surface area is 195 Å². The molecule has 9 heteroatoms. The highest BCUT2D eigenvalue weighted by Gasteiger charge is 2.20. The second-order valence-electron chi connectivity index (χ2n) is 8.04. The summed E-state index contributed by atoms with van der Waals surface area (Å²) < 4.78 is 35.7. The maximum atomic E-state index is 14.3. The van der Waals surface area contributed by atoms with Crippen LogP contribution in [0.4, 0.5) is 14.6 Å². The van der Waals surface area contributed by atoms with Crippen molar-refractivity contribution in [3.63, 3.8) is 0 Å². The number of hydrogen-bond acceptors (Lipinski definition) is 5. The van der Waals surface area contributed by atoms with Crippen LogP contribution in [0.15, 0.2) is 63.1 Å². The topological polar surface area (TPSA) is 85.8 Å². The minimum Gasteiger partial charge on any atom is -0.440 e. The fraction of sp³-hybridized carbons (Fsp3) is 0.320. The molecule has 2 aromatic carbocycles. The number of hydrogen-bond donors (Lipinski definition) is 1. The maximum Gasteiger partial charge on any atom is 0.332 e. The van der Waals surface area contributed by atoms with Gasteiger partial charge in [0, 0.05) is 26.1 Å². The van der Waals surface area contributed by atoms with Gasteiger partial charge in [0.2, 0.25) is 0 Å². The molecule has 0 saturated heterocycles. The SMILES string of the molecule is Cc1c(/N=C(/Oc2ccccc2F)C(C)Cc2ccc(F)cc2)n(C)c(=O)n(CCCO)c1=O. The zero-order valence-corrected chi connectivity index (χ0v) is 19.3. The zero-order chi connectivity index (χ0) is 24.8. The smallest absolute Gasteiger partial charge is 0.332 e. The molecule has 1 heterocycles. The number of aliphatic imine (C=N–C) groups is 1. The number of aliphatic hydroxyl groups excluding tert-OH is 1. The molecule has 0 aliphatic carbocycles. The highest BCUT2D eigenvalue weighted by molar-refractivity contribution is 5.83. The van der Waals surface area contributed by atoms with E-state index < -0.39 is 23.0 Å². The lowest BCUT2D eigenvalue weighted by atomic mass is 10.0. The molecule has 0 radical (unpaired) electrons. The Balaban J connectivity index is 2.09. The number of nitrogens with zero attached hydrogens (tertiary/aromatic N) is 3. The Morgan fingerprint density at radius 2 is 1.79 bits per heavy atom. The van der Waals surface area contributed by atoms with E-state index in [-0.39, 0.29) is 48.4 Å². The summed E-state index contributed by atoms with van der Waals surface area (Å²) in [6.07, 6.45) is 0.654. The third kappa shape index (κ3) is 5.66. The number of aromatic nitrogens is 2. The highest BCUT2D eigenvalue weighted by atomic mass is 19.1. The van der Waals surface area contributed by atoms with E-state index in [0.29, 0.717) is 6.42 Å². The van der Waals surface area contributed by atoms with E-state index in [4.69, 9.17) is 9.84 Å². The van der Waals surface area contributed by atoms with Crippen molar-refractivity contribution < 1.29 is 18.6 Å². The van der Waals surface area contributed by atoms with E-state index in [1.807, 2.05) is 0 Å². The van der Waals surface area contributed by atoms with Crippen molar-refractivity contribution in [1.82, 2.24) is 9.13 Å². The molecule has 180 valence electrons. The Bertz CT molecular complexity index is 1260. The van der Waals surface area contributed by atoms with Crippen LogP contribution in [0.2, 0.25) is 0 Å². The lowest BCUT2D eigenvalue weighted by molar-refractivity contribution is 0.277. The van der Waals surface area contributed by atoms with Crippen LogP contribution in [0.1, 0.15) is 24.5 Å². The van der Waals surface area contributed by atoms with Crippen LogP contribution >= 0.6 is 0 Å². The van der Waals surface area contributed by atoms with Crippen LogP contribution in [-0.4, -0.2) is 26.7 Å². The van der Waals surface area contributed by atoms with Crippen LogP contribution in [0, 0.1) is 24.5 Å². The molecule has 1 aromatic heterocycles. The van der Waals surface area contributed by atoms with Crippen LogP contribution < -0.4 is 16.0 Å². The molecule has 0 spiro atoms. The van der Waals surface area contributed by atoms with Gasteiger partial charge in [0.15, 0.2) is 17.5 Å². The van der Waals surface area contributed by atoms with Crippen molar-refractivity contribution in [2.75, 3.05) is 6.61 Å². The molecular weight excluding hydrogens is 444 g/mol. The van der Waals surface area contributed by atoms with Gasteiger partial charge in [0.25, 0.3) is 5.56 Å². The zero-order valence-electron chi connectivity index (χ0n) is 19.3. The standard InChI is InChI=1S/C25H27F2N3O4/c1-16(15-18-9-11-19(26)12-10-18)23(34-21-8-5-4-7-20(21)27)28-22-17(2)24(32)30(13-6-14-31)25(33)29(22)3/h4-5,7-12,16,31H,6,13-15H2,1-3H3/b28-23+. The van der Waals surface area contributed by atoms with E-state index >= 15 is 0 Å². The van der Waals surface area contributed by atoms with E-state index in [2.05, 4.69) is 4.99 Å². The summed E-state index contributed by atoms with van der Waals surface area (Å²) in [6, 6.07) is 11.8. The first kappa shape index (κ1) is 25.0. The van der Waals surface area contributed by atoms with Crippen molar-refractivity contribution in [1.29, 1.82) is 0 Å². The summed E-state index contributed by atoms with van der Waals surface area (Å²) >= 11 is 0. The average molecular weight is 472 g/mol. The number of rotatable bonds is 8. The largest absolute Gasteiger partial charge is 0.440 e. The minimum atomic E-state index is -0.589. The molecule has 7 nitrogen and oxygen atoms in total. The van der Waals surface area contributed by atoms with Crippen LogP contribution in [-0.2, 0) is 20.0 Å². The molecule has 34 heavy (non-hydrogen) atoms. The first-order valence-electron chi connectivity index (χ1n) is 10.9. The lowest BCUT2D eigenvalue weighted by Crippen LogP contribution is -2.40. The third-order valence-corrected chi connectivity index (χ3v) is 5.42. The van der Waals surface area contributed by atoms with Gasteiger partial charge in [-0.15, -0.1) is 0 Å². The number of ether oxygens (including phenoxy) is 1. The highest BCUT2D eigenvalue weighted by Crippen LogP contribution is 2.22. The molecule has 3 rings (SSSR count). The Hall–Kier alpha value is -3.59. The second kappa shape index (κ2) is 11.0. The average Bonchev–Trinajstić information content (AvgIpc) is 2.82. The molecule has 0 saturated carbocycles. The second-order valence-corrected chi connectivity index (χ2v) is 8.04. The number of halogens is 2. The first-order valence-corrected chi connectivity index (χ1v) is 10.9. The first-order chi connectivity index (χ1) is 16.2. The Morgan fingerprint density at radius 3 is 2.44 bits per heavy atom. The van der Waals surface area contributed by atoms with Gasteiger partial charge in [-0.2, -0.15) is 4.99 Å². The molecule has 0 aliphatic rings. The summed E-state index contributed by atoms with van der Waals surface area (Å²) in [7, 11) is 1.48. The number of para-hydroxylation sites is 1. The molecule has 0 amide bonds. The van der Waals surface area contributed by atoms with Crippen LogP contribution in [0.25, 0.3) is 0 Å². The van der Waals surface area contributed by atoms with E-state index in [1.165, 1.54) is 41.9 Å². The predicted molar refractivity (Wildman–Crippen MR) is 126 cm³/mol. The Morgan fingerprint density at radius 1 is 1.12 bits per heavy atom. The molecule has 1 atom stereocenters. The fourth-order valence-electron chi connectivity index (χ4n) is 3.53. The molecule has 1 N–H and O–H groups in total. The lowest BCUT2D eigenvalue weighted by Gasteiger charge is -2.18. The van der Waals surface area contributed by atoms with Crippen molar-refractivity contribution in [3.05, 3.63) is 92.1 Å².